The van der Waals surface area contributed by atoms with Gasteiger partial charge >= 0.3 is 0 Å². The molecule has 0 spiro atoms. The highest BCUT2D eigenvalue weighted by molar-refractivity contribution is 8.00. The highest BCUT2D eigenvalue weighted by atomic mass is 32.2. The van der Waals surface area contributed by atoms with E-state index in [2.05, 4.69) is 20.9 Å². The predicted molar refractivity (Wildman–Crippen MR) is 196 cm³/mol. The fourth-order valence-electron chi connectivity index (χ4n) is 4.70. The first-order valence-electron chi connectivity index (χ1n) is 15.0. The molecule has 4 aromatic carbocycles. The van der Waals surface area contributed by atoms with Crippen molar-refractivity contribution in [2.75, 3.05) is 17.2 Å². The van der Waals surface area contributed by atoms with Crippen molar-refractivity contribution in [3.8, 4) is 5.75 Å². The molecule has 6 rings (SSSR count). The summed E-state index contributed by atoms with van der Waals surface area (Å²) < 4.78 is 6.53. The van der Waals surface area contributed by atoms with Gasteiger partial charge in [0.1, 0.15) is 16.7 Å². The number of nitrogens with zero attached hydrogens (tertiary/aromatic N) is 1. The van der Waals surface area contributed by atoms with Crippen LogP contribution in [0.15, 0.2) is 131 Å². The number of nitrogens with one attached hydrogen (secondary N) is 3. The number of carbonyl (C=O) groups excluding carboxylic acids is 3. The average molecular weight is 691 g/mol. The molecule has 11 heteroatoms. The molecule has 0 bridgehead atoms. The van der Waals surface area contributed by atoms with Gasteiger partial charge < -0.3 is 20.7 Å². The maximum absolute atomic E-state index is 13.7. The van der Waals surface area contributed by atoms with E-state index in [4.69, 9.17) is 4.74 Å². The Balaban J connectivity index is 1.16. The minimum absolute atomic E-state index is 0.116. The zero-order valence-corrected chi connectivity index (χ0v) is 28.2. The van der Waals surface area contributed by atoms with Crippen LogP contribution in [0.1, 0.15) is 33.7 Å². The summed E-state index contributed by atoms with van der Waals surface area (Å²) in [5, 5.41) is 12.4. The highest BCUT2D eigenvalue weighted by Gasteiger charge is 2.24. The fourth-order valence-corrected chi connectivity index (χ4v) is 7.24. The van der Waals surface area contributed by atoms with E-state index in [0.717, 1.165) is 32.0 Å². The number of fused-ring (bicyclic) bond motifs is 1. The van der Waals surface area contributed by atoms with Crippen LogP contribution in [0.2, 0.25) is 0 Å². The molecule has 6 aromatic rings. The molecule has 0 saturated heterocycles. The molecule has 3 amide bonds. The molecule has 2 aromatic heterocycles. The molecule has 2 heterocycles. The number of aromatic nitrogens is 1. The van der Waals surface area contributed by atoms with Gasteiger partial charge in [-0.15, -0.1) is 11.8 Å². The van der Waals surface area contributed by atoms with Crippen LogP contribution in [0.4, 0.5) is 10.8 Å². The number of thiazole rings is 1. The highest BCUT2D eigenvalue weighted by Crippen LogP contribution is 2.38. The van der Waals surface area contributed by atoms with Crippen LogP contribution in [0.3, 0.4) is 0 Å². The number of rotatable bonds is 12. The number of thioether (sulfide) groups is 1. The van der Waals surface area contributed by atoms with Gasteiger partial charge in [-0.2, -0.15) is 11.3 Å². The number of ether oxygens (including phenoxy) is 1. The lowest BCUT2D eigenvalue weighted by Crippen LogP contribution is -2.30. The van der Waals surface area contributed by atoms with Crippen molar-refractivity contribution in [1.29, 1.82) is 0 Å². The lowest BCUT2D eigenvalue weighted by Gasteiger charge is -2.16. The van der Waals surface area contributed by atoms with Crippen LogP contribution in [-0.4, -0.2) is 29.3 Å². The number of hydrogen-bond donors (Lipinski definition) is 3. The summed E-state index contributed by atoms with van der Waals surface area (Å²) in [6.45, 7) is 2.50. The van der Waals surface area contributed by atoms with Crippen LogP contribution in [-0.2, 0) is 9.59 Å². The average Bonchev–Trinajstić information content (AvgIpc) is 3.77. The largest absolute Gasteiger partial charge is 0.494 e. The van der Waals surface area contributed by atoms with Crippen molar-refractivity contribution < 1.29 is 19.1 Å². The minimum atomic E-state index is -0.564. The third-order valence-corrected chi connectivity index (χ3v) is 9.89. The molecule has 0 aliphatic heterocycles. The Hall–Kier alpha value is -5.23. The van der Waals surface area contributed by atoms with E-state index in [1.54, 1.807) is 42.5 Å². The second-order valence-electron chi connectivity index (χ2n) is 10.4. The van der Waals surface area contributed by atoms with Crippen LogP contribution in [0.5, 0.6) is 5.75 Å². The molecule has 1 unspecified atom stereocenters. The van der Waals surface area contributed by atoms with E-state index >= 15 is 0 Å². The molecule has 0 aliphatic carbocycles. The fraction of sp³-hybridized carbons (Fsp3) is 0.0811. The van der Waals surface area contributed by atoms with E-state index in [9.17, 15) is 14.4 Å². The van der Waals surface area contributed by atoms with Crippen molar-refractivity contribution in [3.05, 3.63) is 142 Å². The van der Waals surface area contributed by atoms with E-state index in [1.807, 2.05) is 90.5 Å². The number of thiophene rings is 1. The Bertz CT molecular complexity index is 2050. The summed E-state index contributed by atoms with van der Waals surface area (Å²) in [5.74, 6) is -0.289. The van der Waals surface area contributed by atoms with Gasteiger partial charge in [-0.05, 0) is 95.6 Å². The first-order chi connectivity index (χ1) is 23.4. The van der Waals surface area contributed by atoms with Crippen molar-refractivity contribution in [1.82, 2.24) is 10.3 Å². The molecule has 48 heavy (non-hydrogen) atoms. The molecular formula is C37H30N4O4S3. The monoisotopic (exact) mass is 690 g/mol. The summed E-state index contributed by atoms with van der Waals surface area (Å²) >= 11 is 4.28. The standard InChI is InChI=1S/C37H30N4O4S3/c1-2-45-28-15-18-30-32(22-28)48-37(40-30)41-36(44)33(25-9-5-3-6-10-25)47-29-16-13-27(14-17-29)38-35(43)31(21-24-19-20-46-23-24)39-34(42)26-11-7-4-8-12-26/h3-23,33H,2H2,1H3,(H,38,43)(H,39,42)(H,40,41,44)/b31-21-. The molecule has 8 nitrogen and oxygen atoms in total. The van der Waals surface area contributed by atoms with Crippen LogP contribution >= 0.6 is 34.4 Å². The second kappa shape index (κ2) is 15.6. The van der Waals surface area contributed by atoms with Gasteiger partial charge in [-0.25, -0.2) is 4.98 Å². The third-order valence-electron chi connectivity index (χ3n) is 6.99. The summed E-state index contributed by atoms with van der Waals surface area (Å²) in [6, 6.07) is 33.1. The van der Waals surface area contributed by atoms with Crippen molar-refractivity contribution >= 4 is 79.3 Å². The first kappa shape index (κ1) is 32.7. The molecule has 3 N–H and O–H groups in total. The zero-order valence-electron chi connectivity index (χ0n) is 25.7. The molecule has 0 saturated carbocycles. The van der Waals surface area contributed by atoms with Crippen LogP contribution < -0.4 is 20.7 Å². The van der Waals surface area contributed by atoms with Gasteiger partial charge in [0.15, 0.2) is 5.13 Å². The summed E-state index contributed by atoms with van der Waals surface area (Å²) in [5.41, 5.74) is 3.53. The maximum Gasteiger partial charge on any atom is 0.272 e. The van der Waals surface area contributed by atoms with Gasteiger partial charge in [-0.1, -0.05) is 59.9 Å². The van der Waals surface area contributed by atoms with E-state index in [1.165, 1.54) is 34.4 Å². The topological polar surface area (TPSA) is 109 Å². The van der Waals surface area contributed by atoms with Gasteiger partial charge in [0.25, 0.3) is 11.8 Å². The lowest BCUT2D eigenvalue weighted by molar-refractivity contribution is -0.116. The number of amides is 3. The number of benzene rings is 4. The van der Waals surface area contributed by atoms with E-state index in [0.29, 0.717) is 23.0 Å². The molecular weight excluding hydrogens is 661 g/mol. The Kier molecular flexibility index (Phi) is 10.6. The summed E-state index contributed by atoms with van der Waals surface area (Å²) in [6.07, 6.45) is 1.64. The summed E-state index contributed by atoms with van der Waals surface area (Å²) in [7, 11) is 0. The summed E-state index contributed by atoms with van der Waals surface area (Å²) in [4.78, 5) is 45.4. The van der Waals surface area contributed by atoms with E-state index in [-0.39, 0.29) is 17.5 Å². The van der Waals surface area contributed by atoms with Crippen molar-refractivity contribution in [3.63, 3.8) is 0 Å². The molecule has 0 aliphatic rings. The van der Waals surface area contributed by atoms with Gasteiger partial charge in [0, 0.05) is 16.1 Å². The predicted octanol–water partition coefficient (Wildman–Crippen LogP) is 8.64. The quantitative estimate of drug-likeness (QED) is 0.0876. The molecule has 0 radical (unpaired) electrons. The lowest BCUT2D eigenvalue weighted by atomic mass is 10.1. The Morgan fingerprint density at radius 1 is 0.896 bits per heavy atom. The normalized spacial score (nSPS) is 11.9. The second-order valence-corrected chi connectivity index (χ2v) is 13.4. The Morgan fingerprint density at radius 2 is 1.65 bits per heavy atom. The van der Waals surface area contributed by atoms with Gasteiger partial charge in [0.2, 0.25) is 5.91 Å². The van der Waals surface area contributed by atoms with Gasteiger partial charge in [-0.3, -0.25) is 14.4 Å². The van der Waals surface area contributed by atoms with Crippen molar-refractivity contribution in [2.45, 2.75) is 17.1 Å². The Labute approximate surface area is 289 Å². The van der Waals surface area contributed by atoms with Crippen molar-refractivity contribution in [2.24, 2.45) is 0 Å². The van der Waals surface area contributed by atoms with Gasteiger partial charge in [0.05, 0.1) is 16.8 Å². The smallest absolute Gasteiger partial charge is 0.272 e. The SMILES string of the molecule is CCOc1ccc2nc(NC(=O)C(Sc3ccc(NC(=O)/C(=C/c4ccsc4)NC(=O)c4ccccc4)cc3)c3ccccc3)sc2c1. The molecule has 0 fully saturated rings. The minimum Gasteiger partial charge on any atom is -0.494 e. The molecule has 1 atom stereocenters. The first-order valence-corrected chi connectivity index (χ1v) is 17.7. The van der Waals surface area contributed by atoms with Crippen LogP contribution in [0, 0.1) is 0 Å². The number of anilines is 2. The third kappa shape index (κ3) is 8.37. The number of carbonyl (C=O) groups is 3. The number of hydrogen-bond acceptors (Lipinski definition) is 8. The maximum atomic E-state index is 13.7. The zero-order chi connectivity index (χ0) is 33.3. The molecule has 240 valence electrons. The Morgan fingerprint density at radius 3 is 2.35 bits per heavy atom. The van der Waals surface area contributed by atoms with Crippen LogP contribution in [0.25, 0.3) is 16.3 Å². The van der Waals surface area contributed by atoms with E-state index < -0.39 is 11.2 Å².